The van der Waals surface area contributed by atoms with Crippen molar-refractivity contribution < 1.29 is 23.9 Å². The number of nitrogens with zero attached hydrogens (tertiary/aromatic N) is 5. The first-order valence-electron chi connectivity index (χ1n) is 17.0. The van der Waals surface area contributed by atoms with Gasteiger partial charge in [-0.2, -0.15) is 0 Å². The van der Waals surface area contributed by atoms with Crippen molar-refractivity contribution >= 4 is 29.5 Å². The van der Waals surface area contributed by atoms with Crippen LogP contribution >= 0.6 is 0 Å². The minimum Gasteiger partial charge on any atom is -0.444 e. The molecule has 0 radical (unpaired) electrons. The highest BCUT2D eigenvalue weighted by Crippen LogP contribution is 2.32. The maximum Gasteiger partial charge on any atom is 0.410 e. The predicted octanol–water partition coefficient (Wildman–Crippen LogP) is 2.93. The van der Waals surface area contributed by atoms with Gasteiger partial charge in [-0.3, -0.25) is 19.7 Å². The maximum absolute atomic E-state index is 13.1. The lowest BCUT2D eigenvalue weighted by molar-refractivity contribution is -0.136. The number of rotatable bonds is 6. The van der Waals surface area contributed by atoms with Crippen molar-refractivity contribution in [2.24, 2.45) is 11.8 Å². The molecule has 1 unspecified atom stereocenters. The number of anilines is 1. The Labute approximate surface area is 267 Å². The summed E-state index contributed by atoms with van der Waals surface area (Å²) in [5.41, 5.74) is 2.34. The van der Waals surface area contributed by atoms with Crippen LogP contribution in [0.3, 0.4) is 0 Å². The zero-order valence-electron chi connectivity index (χ0n) is 27.3. The van der Waals surface area contributed by atoms with Crippen LogP contribution in [0.2, 0.25) is 0 Å². The summed E-state index contributed by atoms with van der Waals surface area (Å²) in [4.78, 5) is 60.6. The van der Waals surface area contributed by atoms with E-state index in [1.54, 1.807) is 4.90 Å². The average Bonchev–Trinajstić information content (AvgIpc) is 3.33. The quantitative estimate of drug-likeness (QED) is 0.483. The van der Waals surface area contributed by atoms with Crippen LogP contribution in [0, 0.1) is 11.8 Å². The zero-order valence-corrected chi connectivity index (χ0v) is 27.3. The topological polar surface area (TPSA) is 106 Å². The number of ether oxygens (including phenoxy) is 1. The first-order chi connectivity index (χ1) is 21.5. The van der Waals surface area contributed by atoms with E-state index >= 15 is 0 Å². The van der Waals surface area contributed by atoms with Gasteiger partial charge in [-0.15, -0.1) is 0 Å². The Kier molecular flexibility index (Phi) is 9.38. The van der Waals surface area contributed by atoms with Crippen LogP contribution in [-0.4, -0.2) is 121 Å². The average molecular weight is 623 g/mol. The molecule has 4 amide bonds. The van der Waals surface area contributed by atoms with Crippen LogP contribution in [0.4, 0.5) is 10.5 Å². The molecule has 0 saturated carbocycles. The van der Waals surface area contributed by atoms with Crippen molar-refractivity contribution in [3.63, 3.8) is 0 Å². The summed E-state index contributed by atoms with van der Waals surface area (Å²) in [6.07, 6.45) is 4.90. The second kappa shape index (κ2) is 13.3. The Morgan fingerprint density at radius 2 is 1.44 bits per heavy atom. The van der Waals surface area contributed by atoms with Crippen molar-refractivity contribution in [2.75, 3.05) is 70.3 Å². The summed E-state index contributed by atoms with van der Waals surface area (Å²) >= 11 is 0. The SMILES string of the molecule is CC(C)(C)OC(=O)N1CCC(CN2CCN(CC3CCN(c4ccc5c(c4)CN(C4CCC(=O)NC4=O)C5=O)CC3)CC2)CC1. The van der Waals surface area contributed by atoms with Gasteiger partial charge in [0.05, 0.1) is 0 Å². The van der Waals surface area contributed by atoms with Crippen molar-refractivity contribution in [1.82, 2.24) is 24.9 Å². The van der Waals surface area contributed by atoms with E-state index in [0.717, 1.165) is 102 Å². The highest BCUT2D eigenvalue weighted by atomic mass is 16.6. The van der Waals surface area contributed by atoms with Crippen molar-refractivity contribution in [1.29, 1.82) is 0 Å². The Hall–Kier alpha value is -3.18. The lowest BCUT2D eigenvalue weighted by Gasteiger charge is -2.41. The van der Waals surface area contributed by atoms with Gasteiger partial charge in [-0.1, -0.05) is 0 Å². The molecule has 246 valence electrons. The smallest absolute Gasteiger partial charge is 0.410 e. The van der Waals surface area contributed by atoms with E-state index in [9.17, 15) is 19.2 Å². The van der Waals surface area contributed by atoms with Gasteiger partial charge in [-0.05, 0) is 88.5 Å². The third kappa shape index (κ3) is 7.62. The maximum atomic E-state index is 13.1. The predicted molar refractivity (Wildman–Crippen MR) is 171 cm³/mol. The summed E-state index contributed by atoms with van der Waals surface area (Å²) in [5, 5.41) is 2.38. The van der Waals surface area contributed by atoms with Crippen LogP contribution in [0.15, 0.2) is 18.2 Å². The molecular weight excluding hydrogens is 572 g/mol. The van der Waals surface area contributed by atoms with Gasteiger partial charge in [0.1, 0.15) is 11.6 Å². The van der Waals surface area contributed by atoms with Gasteiger partial charge >= 0.3 is 6.09 Å². The zero-order chi connectivity index (χ0) is 31.7. The minimum absolute atomic E-state index is 0.117. The van der Waals surface area contributed by atoms with Crippen LogP contribution in [0.5, 0.6) is 0 Å². The molecule has 5 aliphatic rings. The van der Waals surface area contributed by atoms with Gasteiger partial charge in [0.25, 0.3) is 5.91 Å². The molecule has 6 rings (SSSR count). The number of hydrogen-bond donors (Lipinski definition) is 1. The van der Waals surface area contributed by atoms with Crippen LogP contribution in [-0.2, 0) is 20.9 Å². The Morgan fingerprint density at radius 3 is 2.02 bits per heavy atom. The van der Waals surface area contributed by atoms with E-state index < -0.39 is 11.6 Å². The molecule has 1 atom stereocenters. The first kappa shape index (κ1) is 31.8. The molecule has 1 aromatic rings. The van der Waals surface area contributed by atoms with Crippen molar-refractivity contribution in [3.05, 3.63) is 29.3 Å². The number of nitrogens with one attached hydrogen (secondary N) is 1. The molecule has 1 aromatic carbocycles. The van der Waals surface area contributed by atoms with Crippen LogP contribution in [0.25, 0.3) is 0 Å². The molecule has 5 heterocycles. The minimum atomic E-state index is -0.576. The fourth-order valence-corrected chi connectivity index (χ4v) is 7.64. The second-order valence-corrected chi connectivity index (χ2v) is 14.7. The normalized spacial score (nSPS) is 24.6. The molecule has 0 aliphatic carbocycles. The van der Waals surface area contributed by atoms with Gasteiger partial charge in [0, 0.05) is 89.7 Å². The Morgan fingerprint density at radius 1 is 0.844 bits per heavy atom. The van der Waals surface area contributed by atoms with E-state index in [0.29, 0.717) is 30.4 Å². The standard InChI is InChI=1S/C34H50N6O5/c1-34(2,3)45-33(44)39-14-10-25(11-15-39)22-37-18-16-36(17-19-37)21-24-8-12-38(13-9-24)27-4-5-28-26(20-27)23-40(32(28)43)29-6-7-30(41)35-31(29)42/h4-5,20,24-25,29H,6-19,21-23H2,1-3H3,(H,35,41,42). The Bertz CT molecular complexity index is 1270. The van der Waals surface area contributed by atoms with Gasteiger partial charge < -0.3 is 29.2 Å². The highest BCUT2D eigenvalue weighted by Gasteiger charge is 2.39. The number of piperidine rings is 3. The molecule has 0 bridgehead atoms. The third-order valence-corrected chi connectivity index (χ3v) is 10.3. The molecule has 1 N–H and O–H groups in total. The summed E-state index contributed by atoms with van der Waals surface area (Å²) in [7, 11) is 0. The number of piperazine rings is 1. The van der Waals surface area contributed by atoms with Gasteiger partial charge in [-0.25, -0.2) is 4.79 Å². The molecule has 11 nitrogen and oxygen atoms in total. The van der Waals surface area contributed by atoms with E-state index in [4.69, 9.17) is 4.74 Å². The summed E-state index contributed by atoms with van der Waals surface area (Å²) in [6.45, 7) is 16.6. The number of carbonyl (C=O) groups is 4. The van der Waals surface area contributed by atoms with Crippen LogP contribution in [0.1, 0.15) is 75.2 Å². The largest absolute Gasteiger partial charge is 0.444 e. The first-order valence-corrected chi connectivity index (χ1v) is 17.0. The van der Waals surface area contributed by atoms with E-state index in [1.165, 1.54) is 0 Å². The number of benzene rings is 1. The molecule has 11 heteroatoms. The molecule has 4 saturated heterocycles. The van der Waals surface area contributed by atoms with E-state index in [1.807, 2.05) is 37.8 Å². The number of hydrogen-bond acceptors (Lipinski definition) is 8. The molecule has 45 heavy (non-hydrogen) atoms. The summed E-state index contributed by atoms with van der Waals surface area (Å²) in [6, 6.07) is 5.51. The highest BCUT2D eigenvalue weighted by molar-refractivity contribution is 6.05. The molecule has 4 fully saturated rings. The number of carbonyl (C=O) groups excluding carboxylic acids is 4. The lowest BCUT2D eigenvalue weighted by Crippen LogP contribution is -2.52. The summed E-state index contributed by atoms with van der Waals surface area (Å²) < 4.78 is 5.55. The second-order valence-electron chi connectivity index (χ2n) is 14.7. The third-order valence-electron chi connectivity index (χ3n) is 10.3. The molecule has 0 aromatic heterocycles. The molecule has 0 spiro atoms. The fourth-order valence-electron chi connectivity index (χ4n) is 7.64. The number of likely N-dealkylation sites (tertiary alicyclic amines) is 1. The van der Waals surface area contributed by atoms with E-state index in [-0.39, 0.29) is 30.2 Å². The molecular formula is C34H50N6O5. The number of amides is 4. The van der Waals surface area contributed by atoms with Crippen molar-refractivity contribution in [2.45, 2.75) is 77.5 Å². The fraction of sp³-hybridized carbons (Fsp3) is 0.706. The monoisotopic (exact) mass is 622 g/mol. The number of imide groups is 1. The van der Waals surface area contributed by atoms with Gasteiger partial charge in [0.15, 0.2) is 0 Å². The van der Waals surface area contributed by atoms with E-state index in [2.05, 4.69) is 26.1 Å². The van der Waals surface area contributed by atoms with Crippen LogP contribution < -0.4 is 10.2 Å². The van der Waals surface area contributed by atoms with Crippen molar-refractivity contribution in [3.8, 4) is 0 Å². The Balaban J connectivity index is 0.904. The number of fused-ring (bicyclic) bond motifs is 1. The summed E-state index contributed by atoms with van der Waals surface area (Å²) in [5.74, 6) is 0.599. The van der Waals surface area contributed by atoms with Gasteiger partial charge in [0.2, 0.25) is 11.8 Å². The molecule has 5 aliphatic heterocycles. The lowest BCUT2D eigenvalue weighted by atomic mass is 9.94.